The van der Waals surface area contributed by atoms with Crippen LogP contribution in [-0.4, -0.2) is 76.8 Å². The van der Waals surface area contributed by atoms with E-state index < -0.39 is 0 Å². The molecule has 0 radical (unpaired) electrons. The number of nitrogens with one attached hydrogen (secondary N) is 3. The third-order valence-corrected chi connectivity index (χ3v) is 3.91. The van der Waals surface area contributed by atoms with Gasteiger partial charge in [-0.25, -0.2) is 0 Å². The molecule has 0 aromatic heterocycles. The molecule has 0 saturated carbocycles. The molecule has 1 amide bonds. The number of rotatable bonds is 9. The van der Waals surface area contributed by atoms with E-state index in [1.807, 2.05) is 0 Å². The number of ether oxygens (including phenoxy) is 1. The molecule has 0 unspecified atom stereocenters. The van der Waals surface area contributed by atoms with E-state index in [1.165, 1.54) is 38.8 Å². The summed E-state index contributed by atoms with van der Waals surface area (Å²) >= 11 is 0. The van der Waals surface area contributed by atoms with Crippen LogP contribution in [-0.2, 0) is 9.53 Å². The SMILES string of the molecule is CN=C(NCCCN1CCCCCC1)NCC(=O)NCCOC.I. The van der Waals surface area contributed by atoms with E-state index in [9.17, 15) is 4.79 Å². The summed E-state index contributed by atoms with van der Waals surface area (Å²) in [5.74, 6) is 0.609. The van der Waals surface area contributed by atoms with Crippen LogP contribution in [0.1, 0.15) is 32.1 Å². The van der Waals surface area contributed by atoms with Crippen LogP contribution in [0.5, 0.6) is 0 Å². The Balaban J connectivity index is 0.00000529. The number of guanidine groups is 1. The Kier molecular flexibility index (Phi) is 15.5. The van der Waals surface area contributed by atoms with Gasteiger partial charge < -0.3 is 25.6 Å². The van der Waals surface area contributed by atoms with E-state index in [-0.39, 0.29) is 36.4 Å². The van der Waals surface area contributed by atoms with Gasteiger partial charge in [-0.15, -0.1) is 24.0 Å². The lowest BCUT2D eigenvalue weighted by molar-refractivity contribution is -0.120. The van der Waals surface area contributed by atoms with Crippen molar-refractivity contribution in [3.8, 4) is 0 Å². The summed E-state index contributed by atoms with van der Waals surface area (Å²) < 4.78 is 4.89. The van der Waals surface area contributed by atoms with E-state index in [0.717, 1.165) is 19.5 Å². The van der Waals surface area contributed by atoms with Gasteiger partial charge in [0.25, 0.3) is 0 Å². The number of aliphatic imine (C=N–C) groups is 1. The van der Waals surface area contributed by atoms with Gasteiger partial charge in [0.15, 0.2) is 5.96 Å². The van der Waals surface area contributed by atoms with Crippen LogP contribution < -0.4 is 16.0 Å². The van der Waals surface area contributed by atoms with Crippen LogP contribution in [0.25, 0.3) is 0 Å². The Hall–Kier alpha value is -0.610. The van der Waals surface area contributed by atoms with Crippen molar-refractivity contribution in [2.24, 2.45) is 4.99 Å². The Morgan fingerprint density at radius 2 is 1.79 bits per heavy atom. The lowest BCUT2D eigenvalue weighted by Crippen LogP contribution is -2.44. The van der Waals surface area contributed by atoms with Gasteiger partial charge in [0.1, 0.15) is 0 Å². The van der Waals surface area contributed by atoms with Crippen LogP contribution in [0.4, 0.5) is 0 Å². The number of methoxy groups -OCH3 is 1. The molecule has 142 valence electrons. The molecule has 1 rings (SSSR count). The highest BCUT2D eigenvalue weighted by Gasteiger charge is 2.08. The Morgan fingerprint density at radius 3 is 2.42 bits per heavy atom. The number of amides is 1. The lowest BCUT2D eigenvalue weighted by Gasteiger charge is -2.20. The molecule has 0 aromatic carbocycles. The summed E-state index contributed by atoms with van der Waals surface area (Å²) in [6.07, 6.45) is 6.49. The zero-order valence-corrected chi connectivity index (χ0v) is 17.4. The molecule has 1 heterocycles. The largest absolute Gasteiger partial charge is 0.383 e. The zero-order chi connectivity index (χ0) is 16.8. The minimum Gasteiger partial charge on any atom is -0.383 e. The second-order valence-electron chi connectivity index (χ2n) is 5.80. The molecule has 1 fully saturated rings. The number of carbonyl (C=O) groups excluding carboxylic acids is 1. The fourth-order valence-corrected chi connectivity index (χ4v) is 2.61. The molecule has 0 aliphatic carbocycles. The standard InChI is InChI=1S/C16H33N5O2.HI/c1-17-16(20-14-15(22)18-9-13-23-2)19-8-7-12-21-10-5-3-4-6-11-21;/h3-14H2,1-2H3,(H,18,22)(H2,17,19,20);1H. The fraction of sp³-hybridized carbons (Fsp3) is 0.875. The van der Waals surface area contributed by atoms with Crippen molar-refractivity contribution in [2.45, 2.75) is 32.1 Å². The van der Waals surface area contributed by atoms with Gasteiger partial charge in [0, 0.05) is 27.2 Å². The number of hydrogen-bond acceptors (Lipinski definition) is 4. The van der Waals surface area contributed by atoms with Gasteiger partial charge in [0.2, 0.25) is 5.91 Å². The molecular weight excluding hydrogens is 421 g/mol. The van der Waals surface area contributed by atoms with Gasteiger partial charge in [-0.1, -0.05) is 12.8 Å². The second-order valence-corrected chi connectivity index (χ2v) is 5.80. The first-order valence-electron chi connectivity index (χ1n) is 8.68. The highest BCUT2D eigenvalue weighted by Crippen LogP contribution is 2.09. The number of halogens is 1. The van der Waals surface area contributed by atoms with E-state index >= 15 is 0 Å². The van der Waals surface area contributed by atoms with E-state index in [4.69, 9.17) is 4.74 Å². The van der Waals surface area contributed by atoms with Gasteiger partial charge >= 0.3 is 0 Å². The molecule has 1 saturated heterocycles. The average molecular weight is 455 g/mol. The number of nitrogens with zero attached hydrogens (tertiary/aromatic N) is 2. The van der Waals surface area contributed by atoms with Crippen molar-refractivity contribution in [2.75, 3.05) is 60.0 Å². The van der Waals surface area contributed by atoms with E-state index in [2.05, 4.69) is 25.8 Å². The van der Waals surface area contributed by atoms with Gasteiger partial charge in [0.05, 0.1) is 13.2 Å². The van der Waals surface area contributed by atoms with E-state index in [1.54, 1.807) is 14.2 Å². The summed E-state index contributed by atoms with van der Waals surface area (Å²) in [4.78, 5) is 18.3. The molecule has 0 bridgehead atoms. The third kappa shape index (κ3) is 11.9. The summed E-state index contributed by atoms with van der Waals surface area (Å²) in [5.41, 5.74) is 0. The number of carbonyl (C=O) groups is 1. The summed E-state index contributed by atoms with van der Waals surface area (Å²) in [6, 6.07) is 0. The molecule has 1 aliphatic heterocycles. The Bertz CT molecular complexity index is 347. The van der Waals surface area contributed by atoms with Crippen LogP contribution in [0.15, 0.2) is 4.99 Å². The monoisotopic (exact) mass is 455 g/mol. The molecular formula is C16H34IN5O2. The summed E-state index contributed by atoms with van der Waals surface area (Å²) in [7, 11) is 3.33. The van der Waals surface area contributed by atoms with E-state index in [0.29, 0.717) is 19.1 Å². The molecule has 0 aromatic rings. The second kappa shape index (κ2) is 15.9. The maximum atomic E-state index is 11.6. The fourth-order valence-electron chi connectivity index (χ4n) is 2.61. The topological polar surface area (TPSA) is 78.0 Å². The third-order valence-electron chi connectivity index (χ3n) is 3.91. The quantitative estimate of drug-likeness (QED) is 0.208. The highest BCUT2D eigenvalue weighted by molar-refractivity contribution is 14.0. The number of likely N-dealkylation sites (tertiary alicyclic amines) is 1. The Labute approximate surface area is 163 Å². The smallest absolute Gasteiger partial charge is 0.239 e. The zero-order valence-electron chi connectivity index (χ0n) is 15.1. The van der Waals surface area contributed by atoms with Gasteiger partial charge in [-0.3, -0.25) is 9.79 Å². The van der Waals surface area contributed by atoms with Crippen molar-refractivity contribution >= 4 is 35.8 Å². The minimum absolute atomic E-state index is 0. The molecule has 7 nitrogen and oxygen atoms in total. The molecule has 3 N–H and O–H groups in total. The maximum absolute atomic E-state index is 11.6. The number of hydrogen-bond donors (Lipinski definition) is 3. The van der Waals surface area contributed by atoms with Gasteiger partial charge in [-0.2, -0.15) is 0 Å². The summed E-state index contributed by atoms with van der Waals surface area (Å²) in [6.45, 7) is 5.72. The minimum atomic E-state index is -0.0606. The highest BCUT2D eigenvalue weighted by atomic mass is 127. The molecule has 0 atom stereocenters. The molecule has 24 heavy (non-hydrogen) atoms. The van der Waals surface area contributed by atoms with Crippen LogP contribution >= 0.6 is 24.0 Å². The predicted molar refractivity (Wildman–Crippen MR) is 109 cm³/mol. The van der Waals surface area contributed by atoms with Crippen molar-refractivity contribution in [1.82, 2.24) is 20.9 Å². The van der Waals surface area contributed by atoms with Crippen molar-refractivity contribution in [3.63, 3.8) is 0 Å². The first-order chi connectivity index (χ1) is 11.3. The molecule has 1 aliphatic rings. The normalized spacial score (nSPS) is 16.0. The first kappa shape index (κ1) is 23.4. The van der Waals surface area contributed by atoms with Crippen molar-refractivity contribution in [3.05, 3.63) is 0 Å². The maximum Gasteiger partial charge on any atom is 0.239 e. The molecule has 8 heteroatoms. The molecule has 0 spiro atoms. The van der Waals surface area contributed by atoms with Crippen LogP contribution in [0, 0.1) is 0 Å². The van der Waals surface area contributed by atoms with Gasteiger partial charge in [-0.05, 0) is 38.9 Å². The van der Waals surface area contributed by atoms with Crippen LogP contribution in [0.3, 0.4) is 0 Å². The lowest BCUT2D eigenvalue weighted by atomic mass is 10.2. The Morgan fingerprint density at radius 1 is 1.08 bits per heavy atom. The van der Waals surface area contributed by atoms with Crippen LogP contribution in [0.2, 0.25) is 0 Å². The van der Waals surface area contributed by atoms with Crippen molar-refractivity contribution in [1.29, 1.82) is 0 Å². The summed E-state index contributed by atoms with van der Waals surface area (Å²) in [5, 5.41) is 9.04. The average Bonchev–Trinajstić information content (AvgIpc) is 2.83. The predicted octanol–water partition coefficient (Wildman–Crippen LogP) is 0.798. The first-order valence-corrected chi connectivity index (χ1v) is 8.68. The van der Waals surface area contributed by atoms with Crippen molar-refractivity contribution < 1.29 is 9.53 Å².